The van der Waals surface area contributed by atoms with Crippen LogP contribution in [-0.4, -0.2) is 11.1 Å². The zero-order chi connectivity index (χ0) is 10.7. The van der Waals surface area contributed by atoms with Gasteiger partial charge in [0, 0.05) is 15.0 Å². The van der Waals surface area contributed by atoms with E-state index in [0.29, 0.717) is 0 Å². The monoisotopic (exact) mass is 321 g/mol. The van der Waals surface area contributed by atoms with Crippen LogP contribution >= 0.6 is 31.9 Å². The molecule has 0 aromatic heterocycles. The van der Waals surface area contributed by atoms with E-state index in [0.717, 1.165) is 14.5 Å². The molecular weight excluding hydrogens is 314 g/mol. The fourth-order valence-electron chi connectivity index (χ4n) is 1.10. The number of nitrogens with two attached hydrogens (primary N) is 1. The summed E-state index contributed by atoms with van der Waals surface area (Å²) in [4.78, 5) is 10.5. The van der Waals surface area contributed by atoms with E-state index in [1.165, 1.54) is 0 Å². The first kappa shape index (κ1) is 11.7. The molecule has 0 heterocycles. The molecule has 14 heavy (non-hydrogen) atoms. The third kappa shape index (κ3) is 2.80. The highest BCUT2D eigenvalue weighted by atomic mass is 79.9. The van der Waals surface area contributed by atoms with Crippen LogP contribution in [0.5, 0.6) is 0 Å². The Morgan fingerprint density at radius 1 is 1.50 bits per heavy atom. The zero-order valence-electron chi connectivity index (χ0n) is 7.21. The lowest BCUT2D eigenvalue weighted by molar-refractivity contribution is -0.137. The van der Waals surface area contributed by atoms with E-state index < -0.39 is 12.0 Å². The Balaban J connectivity index is 2.95. The Kier molecular flexibility index (Phi) is 4.10. The molecule has 1 atom stereocenters. The third-order valence-corrected chi connectivity index (χ3v) is 3.85. The van der Waals surface area contributed by atoms with Gasteiger partial charge in [0.2, 0.25) is 0 Å². The lowest BCUT2D eigenvalue weighted by Crippen LogP contribution is -2.15. The van der Waals surface area contributed by atoms with E-state index in [1.54, 1.807) is 0 Å². The number of carboxylic acids is 1. The maximum absolute atomic E-state index is 10.5. The molecule has 1 rings (SSSR count). The number of benzene rings is 1. The lowest BCUT2D eigenvalue weighted by atomic mass is 10.1. The van der Waals surface area contributed by atoms with Gasteiger partial charge in [-0.3, -0.25) is 4.79 Å². The molecule has 0 fully saturated rings. The van der Waals surface area contributed by atoms with Crippen molar-refractivity contribution in [3.63, 3.8) is 0 Å². The van der Waals surface area contributed by atoms with Crippen molar-refractivity contribution in [1.82, 2.24) is 0 Å². The molecule has 0 aliphatic rings. The minimum atomic E-state index is -0.899. The highest BCUT2D eigenvalue weighted by Gasteiger charge is 2.14. The number of hydrogen-bond donors (Lipinski definition) is 2. The average molecular weight is 323 g/mol. The predicted molar refractivity (Wildman–Crippen MR) is 61.0 cm³/mol. The van der Waals surface area contributed by atoms with Gasteiger partial charge in [0.05, 0.1) is 6.42 Å². The Morgan fingerprint density at radius 2 is 2.14 bits per heavy atom. The Hall–Kier alpha value is -0.390. The number of aliphatic carboxylic acids is 1. The molecule has 3 nitrogen and oxygen atoms in total. The molecule has 0 aliphatic carbocycles. The summed E-state index contributed by atoms with van der Waals surface area (Å²) in [6, 6.07) is 5.01. The molecule has 1 aromatic carbocycles. The van der Waals surface area contributed by atoms with Gasteiger partial charge in [0.25, 0.3) is 0 Å². The van der Waals surface area contributed by atoms with Crippen LogP contribution in [0, 0.1) is 0 Å². The van der Waals surface area contributed by atoms with Gasteiger partial charge in [-0.15, -0.1) is 0 Å². The maximum Gasteiger partial charge on any atom is 0.305 e. The zero-order valence-corrected chi connectivity index (χ0v) is 10.4. The molecule has 1 aromatic rings. The van der Waals surface area contributed by atoms with Gasteiger partial charge in [-0.2, -0.15) is 0 Å². The molecule has 1 unspecified atom stereocenters. The number of rotatable bonds is 3. The van der Waals surface area contributed by atoms with Crippen molar-refractivity contribution in [2.75, 3.05) is 0 Å². The third-order valence-electron chi connectivity index (χ3n) is 1.78. The van der Waals surface area contributed by atoms with E-state index in [9.17, 15) is 4.79 Å². The molecule has 3 N–H and O–H groups in total. The van der Waals surface area contributed by atoms with Crippen LogP contribution in [0.25, 0.3) is 0 Å². The average Bonchev–Trinajstić information content (AvgIpc) is 2.08. The molecule has 0 radical (unpaired) electrons. The van der Waals surface area contributed by atoms with E-state index in [4.69, 9.17) is 10.8 Å². The number of halogens is 2. The van der Waals surface area contributed by atoms with Crippen molar-refractivity contribution in [3.05, 3.63) is 32.7 Å². The molecule has 0 spiro atoms. The van der Waals surface area contributed by atoms with Gasteiger partial charge in [-0.25, -0.2) is 0 Å². The molecule has 76 valence electrons. The summed E-state index contributed by atoms with van der Waals surface area (Å²) in [5.41, 5.74) is 6.53. The first-order chi connectivity index (χ1) is 6.52. The molecule has 0 amide bonds. The van der Waals surface area contributed by atoms with E-state index in [2.05, 4.69) is 31.9 Å². The van der Waals surface area contributed by atoms with Crippen molar-refractivity contribution < 1.29 is 9.90 Å². The minimum absolute atomic E-state index is 0.0744. The molecule has 0 saturated carbocycles. The van der Waals surface area contributed by atoms with Crippen molar-refractivity contribution in [2.24, 2.45) is 5.73 Å². The summed E-state index contributed by atoms with van der Waals surface area (Å²) < 4.78 is 1.68. The van der Waals surface area contributed by atoms with Crippen molar-refractivity contribution in [3.8, 4) is 0 Å². The summed E-state index contributed by atoms with van der Waals surface area (Å²) in [7, 11) is 0. The van der Waals surface area contributed by atoms with E-state index in [1.807, 2.05) is 18.2 Å². The molecular formula is C9H9Br2NO2. The summed E-state index contributed by atoms with van der Waals surface area (Å²) in [5, 5.41) is 8.60. The number of carboxylic acid groups (broad SMARTS) is 1. The standard InChI is InChI=1S/C9H9Br2NO2/c10-6-3-1-2-5(9(6)11)7(12)4-8(13)14/h1-3,7H,4,12H2,(H,13,14). The first-order valence-electron chi connectivity index (χ1n) is 3.93. The van der Waals surface area contributed by atoms with Crippen molar-refractivity contribution >= 4 is 37.8 Å². The van der Waals surface area contributed by atoms with Gasteiger partial charge in [0.15, 0.2) is 0 Å². The van der Waals surface area contributed by atoms with Crippen LogP contribution in [0.3, 0.4) is 0 Å². The molecule has 0 bridgehead atoms. The van der Waals surface area contributed by atoms with E-state index in [-0.39, 0.29) is 6.42 Å². The maximum atomic E-state index is 10.5. The first-order valence-corrected chi connectivity index (χ1v) is 5.52. The van der Waals surface area contributed by atoms with Gasteiger partial charge in [0.1, 0.15) is 0 Å². The second-order valence-electron chi connectivity index (χ2n) is 2.85. The fourth-order valence-corrected chi connectivity index (χ4v) is 2.04. The number of carbonyl (C=O) groups is 1. The van der Waals surface area contributed by atoms with Crippen LogP contribution < -0.4 is 5.73 Å². The summed E-state index contributed by atoms with van der Waals surface area (Å²) in [6.07, 6.45) is -0.0744. The van der Waals surface area contributed by atoms with Crippen molar-refractivity contribution in [2.45, 2.75) is 12.5 Å². The molecule has 0 aliphatic heterocycles. The van der Waals surface area contributed by atoms with Crippen molar-refractivity contribution in [1.29, 1.82) is 0 Å². The van der Waals surface area contributed by atoms with E-state index >= 15 is 0 Å². The molecule has 0 saturated heterocycles. The number of hydrogen-bond acceptors (Lipinski definition) is 2. The summed E-state index contributed by atoms with van der Waals surface area (Å²) >= 11 is 6.68. The SMILES string of the molecule is NC(CC(=O)O)c1cccc(Br)c1Br. The minimum Gasteiger partial charge on any atom is -0.481 e. The molecule has 5 heteroatoms. The van der Waals surface area contributed by atoms with Gasteiger partial charge >= 0.3 is 5.97 Å². The predicted octanol–water partition coefficient (Wildman–Crippen LogP) is 2.69. The lowest BCUT2D eigenvalue weighted by Gasteiger charge is -2.12. The van der Waals surface area contributed by atoms with Crippen LogP contribution in [0.1, 0.15) is 18.0 Å². The highest BCUT2D eigenvalue weighted by molar-refractivity contribution is 9.13. The fraction of sp³-hybridized carbons (Fsp3) is 0.222. The Labute approximate surface area is 98.6 Å². The van der Waals surface area contributed by atoms with Gasteiger partial charge < -0.3 is 10.8 Å². The second kappa shape index (κ2) is 4.91. The van der Waals surface area contributed by atoms with Gasteiger partial charge in [-0.05, 0) is 43.5 Å². The quantitative estimate of drug-likeness (QED) is 0.899. The highest BCUT2D eigenvalue weighted by Crippen LogP contribution is 2.30. The van der Waals surface area contributed by atoms with Crippen LogP contribution in [0.4, 0.5) is 0 Å². The Morgan fingerprint density at radius 3 is 2.71 bits per heavy atom. The smallest absolute Gasteiger partial charge is 0.305 e. The van der Waals surface area contributed by atoms with Crippen LogP contribution in [0.15, 0.2) is 27.1 Å². The largest absolute Gasteiger partial charge is 0.481 e. The normalized spacial score (nSPS) is 12.5. The second-order valence-corrected chi connectivity index (χ2v) is 4.49. The topological polar surface area (TPSA) is 63.3 Å². The summed E-state index contributed by atoms with van der Waals surface area (Å²) in [5.74, 6) is -0.899. The van der Waals surface area contributed by atoms with Gasteiger partial charge in [-0.1, -0.05) is 12.1 Å². The van der Waals surface area contributed by atoms with Crippen LogP contribution in [0.2, 0.25) is 0 Å². The van der Waals surface area contributed by atoms with Crippen LogP contribution in [-0.2, 0) is 4.79 Å². The summed E-state index contributed by atoms with van der Waals surface area (Å²) in [6.45, 7) is 0. The Bertz CT molecular complexity index is 355.